The van der Waals surface area contributed by atoms with E-state index in [4.69, 9.17) is 16.1 Å². The summed E-state index contributed by atoms with van der Waals surface area (Å²) in [4.78, 5) is 9.12. The zero-order valence-corrected chi connectivity index (χ0v) is 13.8. The molecule has 5 nitrogen and oxygen atoms in total. The Morgan fingerprint density at radius 3 is 2.91 bits per heavy atom. The van der Waals surface area contributed by atoms with E-state index in [1.807, 2.05) is 24.3 Å². The van der Waals surface area contributed by atoms with Crippen LogP contribution in [-0.2, 0) is 13.0 Å². The Balaban J connectivity index is 1.59. The monoisotopic (exact) mass is 320 g/mol. The van der Waals surface area contributed by atoms with E-state index in [9.17, 15) is 0 Å². The van der Waals surface area contributed by atoms with Crippen LogP contribution in [0.25, 0.3) is 0 Å². The molecule has 1 aromatic heterocycles. The van der Waals surface area contributed by atoms with E-state index in [1.54, 1.807) is 0 Å². The van der Waals surface area contributed by atoms with Crippen LogP contribution in [-0.4, -0.2) is 53.2 Å². The van der Waals surface area contributed by atoms with Gasteiger partial charge in [0.15, 0.2) is 5.82 Å². The predicted molar refractivity (Wildman–Crippen MR) is 85.9 cm³/mol. The third-order valence-corrected chi connectivity index (χ3v) is 4.52. The number of benzene rings is 1. The topological polar surface area (TPSA) is 45.4 Å². The standard InChI is InChI=1S/C16H21ClN4O/c1-20(2)13-7-8-21(10-13)11-16-18-15(19-22-16)9-12-5-3-4-6-14(12)17/h3-6,13H,7-11H2,1-2H3. The van der Waals surface area contributed by atoms with Gasteiger partial charge < -0.3 is 9.42 Å². The molecule has 1 aromatic carbocycles. The minimum atomic E-state index is 0.601. The largest absolute Gasteiger partial charge is 0.338 e. The predicted octanol–water partition coefficient (Wildman–Crippen LogP) is 2.45. The normalized spacial score (nSPS) is 19.2. The molecule has 2 heterocycles. The minimum Gasteiger partial charge on any atom is -0.338 e. The van der Waals surface area contributed by atoms with Crippen LogP contribution in [0.5, 0.6) is 0 Å². The second-order valence-electron chi connectivity index (χ2n) is 6.01. The molecular formula is C16H21ClN4O. The molecule has 1 atom stereocenters. The van der Waals surface area contributed by atoms with E-state index in [0.29, 0.717) is 24.2 Å². The number of hydrogen-bond acceptors (Lipinski definition) is 5. The molecule has 22 heavy (non-hydrogen) atoms. The number of rotatable bonds is 5. The molecule has 1 aliphatic heterocycles. The summed E-state index contributed by atoms with van der Waals surface area (Å²) in [6.45, 7) is 2.85. The van der Waals surface area contributed by atoms with Gasteiger partial charge in [0.2, 0.25) is 5.89 Å². The highest BCUT2D eigenvalue weighted by Crippen LogP contribution is 2.19. The van der Waals surface area contributed by atoms with Crippen LogP contribution in [0, 0.1) is 0 Å². The summed E-state index contributed by atoms with van der Waals surface area (Å²) >= 11 is 6.17. The molecule has 0 N–H and O–H groups in total. The number of likely N-dealkylation sites (N-methyl/N-ethyl adjacent to an activating group) is 1. The van der Waals surface area contributed by atoms with Crippen LogP contribution in [0.1, 0.15) is 23.7 Å². The van der Waals surface area contributed by atoms with Crippen LogP contribution in [0.4, 0.5) is 0 Å². The average molecular weight is 321 g/mol. The fourth-order valence-electron chi connectivity index (χ4n) is 2.81. The summed E-state index contributed by atoms with van der Waals surface area (Å²) in [5.74, 6) is 1.37. The lowest BCUT2D eigenvalue weighted by Crippen LogP contribution is -2.31. The highest BCUT2D eigenvalue weighted by Gasteiger charge is 2.25. The second kappa shape index (κ2) is 6.77. The van der Waals surface area contributed by atoms with Crippen molar-refractivity contribution in [3.63, 3.8) is 0 Å². The maximum atomic E-state index is 6.17. The summed E-state index contributed by atoms with van der Waals surface area (Å²) < 4.78 is 5.37. The molecule has 0 bridgehead atoms. The molecule has 6 heteroatoms. The zero-order chi connectivity index (χ0) is 15.5. The van der Waals surface area contributed by atoms with Crippen LogP contribution in [0.15, 0.2) is 28.8 Å². The number of hydrogen-bond donors (Lipinski definition) is 0. The van der Waals surface area contributed by atoms with Gasteiger partial charge in [-0.3, -0.25) is 4.90 Å². The van der Waals surface area contributed by atoms with Crippen LogP contribution < -0.4 is 0 Å². The number of halogens is 1. The molecule has 0 aliphatic carbocycles. The number of likely N-dealkylation sites (tertiary alicyclic amines) is 1. The molecule has 0 spiro atoms. The van der Waals surface area contributed by atoms with Gasteiger partial charge in [-0.2, -0.15) is 4.98 Å². The molecule has 1 unspecified atom stereocenters. The SMILES string of the molecule is CN(C)C1CCN(Cc2nc(Cc3ccccc3Cl)no2)C1. The van der Waals surface area contributed by atoms with Crippen molar-refractivity contribution in [2.45, 2.75) is 25.4 Å². The van der Waals surface area contributed by atoms with Crippen molar-refractivity contribution in [3.8, 4) is 0 Å². The molecule has 118 valence electrons. The van der Waals surface area contributed by atoms with E-state index in [0.717, 1.165) is 30.2 Å². The summed E-state index contributed by atoms with van der Waals surface area (Å²) in [5, 5.41) is 4.81. The Kier molecular flexibility index (Phi) is 4.76. The first kappa shape index (κ1) is 15.5. The fraction of sp³-hybridized carbons (Fsp3) is 0.500. The van der Waals surface area contributed by atoms with E-state index >= 15 is 0 Å². The highest BCUT2D eigenvalue weighted by atomic mass is 35.5. The van der Waals surface area contributed by atoms with Gasteiger partial charge in [0.1, 0.15) is 0 Å². The lowest BCUT2D eigenvalue weighted by molar-refractivity contribution is 0.238. The molecule has 0 radical (unpaired) electrons. The molecule has 1 fully saturated rings. The fourth-order valence-corrected chi connectivity index (χ4v) is 3.01. The number of nitrogens with zero attached hydrogens (tertiary/aromatic N) is 4. The Morgan fingerprint density at radius 1 is 1.36 bits per heavy atom. The first-order chi connectivity index (χ1) is 10.6. The van der Waals surface area contributed by atoms with Gasteiger partial charge in [0.05, 0.1) is 6.54 Å². The maximum absolute atomic E-state index is 6.17. The van der Waals surface area contributed by atoms with Gasteiger partial charge >= 0.3 is 0 Å². The third kappa shape index (κ3) is 3.66. The van der Waals surface area contributed by atoms with Crippen LogP contribution in [0.3, 0.4) is 0 Å². The Morgan fingerprint density at radius 2 is 2.18 bits per heavy atom. The smallest absolute Gasteiger partial charge is 0.240 e. The van der Waals surface area contributed by atoms with Gasteiger partial charge in [-0.1, -0.05) is 35.0 Å². The van der Waals surface area contributed by atoms with Crippen molar-refractivity contribution in [2.75, 3.05) is 27.2 Å². The number of aromatic nitrogens is 2. The van der Waals surface area contributed by atoms with Crippen LogP contribution >= 0.6 is 11.6 Å². The lowest BCUT2D eigenvalue weighted by atomic mass is 10.1. The quantitative estimate of drug-likeness (QED) is 0.846. The van der Waals surface area contributed by atoms with Gasteiger partial charge in [-0.15, -0.1) is 0 Å². The van der Waals surface area contributed by atoms with E-state index in [1.165, 1.54) is 6.42 Å². The van der Waals surface area contributed by atoms with E-state index < -0.39 is 0 Å². The molecular weight excluding hydrogens is 300 g/mol. The van der Waals surface area contributed by atoms with Gasteiger partial charge in [-0.25, -0.2) is 0 Å². The van der Waals surface area contributed by atoms with Gasteiger partial charge in [0, 0.05) is 30.6 Å². The van der Waals surface area contributed by atoms with Crippen molar-refractivity contribution < 1.29 is 4.52 Å². The summed E-state index contributed by atoms with van der Waals surface area (Å²) in [7, 11) is 4.26. The Labute approximate surface area is 135 Å². The molecule has 0 amide bonds. The first-order valence-electron chi connectivity index (χ1n) is 7.55. The van der Waals surface area contributed by atoms with Crippen molar-refractivity contribution in [1.29, 1.82) is 0 Å². The van der Waals surface area contributed by atoms with Crippen molar-refractivity contribution >= 4 is 11.6 Å². The molecule has 1 saturated heterocycles. The van der Waals surface area contributed by atoms with Gasteiger partial charge in [0.25, 0.3) is 0 Å². The summed E-state index contributed by atoms with van der Waals surface area (Å²) in [6, 6.07) is 8.37. The molecule has 0 saturated carbocycles. The first-order valence-corrected chi connectivity index (χ1v) is 7.93. The molecule has 2 aromatic rings. The average Bonchev–Trinajstić information content (AvgIpc) is 3.12. The van der Waals surface area contributed by atoms with Crippen molar-refractivity contribution in [3.05, 3.63) is 46.6 Å². The highest BCUT2D eigenvalue weighted by molar-refractivity contribution is 6.31. The maximum Gasteiger partial charge on any atom is 0.240 e. The van der Waals surface area contributed by atoms with Crippen molar-refractivity contribution in [1.82, 2.24) is 19.9 Å². The summed E-state index contributed by atoms with van der Waals surface area (Å²) in [6.07, 6.45) is 1.79. The van der Waals surface area contributed by atoms with Crippen molar-refractivity contribution in [2.24, 2.45) is 0 Å². The van der Waals surface area contributed by atoms with E-state index in [2.05, 4.69) is 34.0 Å². The Hall–Kier alpha value is -1.43. The van der Waals surface area contributed by atoms with Gasteiger partial charge in [-0.05, 0) is 32.1 Å². The zero-order valence-electron chi connectivity index (χ0n) is 13.0. The third-order valence-electron chi connectivity index (χ3n) is 4.15. The van der Waals surface area contributed by atoms with Crippen LogP contribution in [0.2, 0.25) is 5.02 Å². The molecule has 1 aliphatic rings. The second-order valence-corrected chi connectivity index (χ2v) is 6.42. The summed E-state index contributed by atoms with van der Waals surface area (Å²) in [5.41, 5.74) is 1.02. The van der Waals surface area contributed by atoms with E-state index in [-0.39, 0.29) is 0 Å². The molecule has 3 rings (SSSR count). The minimum absolute atomic E-state index is 0.601. The Bertz CT molecular complexity index is 628. The lowest BCUT2D eigenvalue weighted by Gasteiger charge is -2.19.